The van der Waals surface area contributed by atoms with Crippen LogP contribution in [0.1, 0.15) is 24.2 Å². The molecule has 5 heteroatoms. The van der Waals surface area contributed by atoms with Gasteiger partial charge in [-0.15, -0.1) is 11.3 Å². The van der Waals surface area contributed by atoms with E-state index in [0.717, 1.165) is 17.8 Å². The lowest BCUT2D eigenvalue weighted by Crippen LogP contribution is -2.21. The van der Waals surface area contributed by atoms with Crippen molar-refractivity contribution >= 4 is 11.3 Å². The van der Waals surface area contributed by atoms with Gasteiger partial charge in [0.2, 0.25) is 0 Å². The number of nitrogens with one attached hydrogen (secondary N) is 1. The molecule has 0 saturated heterocycles. The Kier molecular flexibility index (Phi) is 3.13. The Labute approximate surface area is 93.0 Å². The average Bonchev–Trinajstić information content (AvgIpc) is 2.85. The fourth-order valence-electron chi connectivity index (χ4n) is 1.55. The van der Waals surface area contributed by atoms with Crippen LogP contribution in [0, 0.1) is 0 Å². The SMILES string of the molecule is CCNC(c1cnn(C)c1)c1cscn1. The van der Waals surface area contributed by atoms with E-state index in [4.69, 9.17) is 0 Å². The summed E-state index contributed by atoms with van der Waals surface area (Å²) in [5, 5.41) is 9.66. The van der Waals surface area contributed by atoms with Crippen molar-refractivity contribution in [1.29, 1.82) is 0 Å². The molecule has 80 valence electrons. The number of aryl methyl sites for hydroxylation is 1. The number of aromatic nitrogens is 3. The smallest absolute Gasteiger partial charge is 0.0795 e. The maximum absolute atomic E-state index is 4.34. The lowest BCUT2D eigenvalue weighted by molar-refractivity contribution is 0.618. The van der Waals surface area contributed by atoms with Gasteiger partial charge in [-0.2, -0.15) is 5.10 Å². The molecular formula is C10H14N4S. The van der Waals surface area contributed by atoms with Gasteiger partial charge >= 0.3 is 0 Å². The molecule has 15 heavy (non-hydrogen) atoms. The van der Waals surface area contributed by atoms with Crippen molar-refractivity contribution in [2.24, 2.45) is 7.05 Å². The molecule has 0 spiro atoms. The minimum Gasteiger partial charge on any atom is -0.305 e. The fourth-order valence-corrected chi connectivity index (χ4v) is 2.13. The van der Waals surface area contributed by atoms with E-state index in [1.165, 1.54) is 0 Å². The number of rotatable bonds is 4. The van der Waals surface area contributed by atoms with E-state index in [-0.39, 0.29) is 6.04 Å². The number of nitrogens with zero attached hydrogens (tertiary/aromatic N) is 3. The van der Waals surface area contributed by atoms with Crippen LogP contribution in [0.5, 0.6) is 0 Å². The van der Waals surface area contributed by atoms with Gasteiger partial charge in [-0.25, -0.2) is 4.98 Å². The zero-order valence-corrected chi connectivity index (χ0v) is 9.66. The summed E-state index contributed by atoms with van der Waals surface area (Å²) < 4.78 is 1.81. The summed E-state index contributed by atoms with van der Waals surface area (Å²) in [6.45, 7) is 3.01. The maximum Gasteiger partial charge on any atom is 0.0795 e. The molecular weight excluding hydrogens is 208 g/mol. The van der Waals surface area contributed by atoms with Crippen LogP contribution in [-0.2, 0) is 7.05 Å². The molecule has 0 aliphatic rings. The molecule has 2 aromatic rings. The third-order valence-corrected chi connectivity index (χ3v) is 2.82. The van der Waals surface area contributed by atoms with E-state index >= 15 is 0 Å². The number of hydrogen-bond donors (Lipinski definition) is 1. The monoisotopic (exact) mass is 222 g/mol. The Morgan fingerprint density at radius 1 is 1.60 bits per heavy atom. The van der Waals surface area contributed by atoms with Gasteiger partial charge in [0.1, 0.15) is 0 Å². The third kappa shape index (κ3) is 2.24. The summed E-state index contributed by atoms with van der Waals surface area (Å²) in [6, 6.07) is 0.162. The Morgan fingerprint density at radius 3 is 3.00 bits per heavy atom. The summed E-state index contributed by atoms with van der Waals surface area (Å²) in [5.74, 6) is 0. The van der Waals surface area contributed by atoms with Crippen molar-refractivity contribution in [2.45, 2.75) is 13.0 Å². The predicted octanol–water partition coefficient (Wildman–Crippen LogP) is 1.58. The number of thiazole rings is 1. The van der Waals surface area contributed by atoms with Crippen LogP contribution < -0.4 is 5.32 Å². The van der Waals surface area contributed by atoms with E-state index in [1.807, 2.05) is 29.6 Å². The van der Waals surface area contributed by atoms with E-state index in [2.05, 4.69) is 27.7 Å². The Morgan fingerprint density at radius 2 is 2.47 bits per heavy atom. The summed E-state index contributed by atoms with van der Waals surface area (Å²) in [5.41, 5.74) is 4.08. The van der Waals surface area contributed by atoms with E-state index in [1.54, 1.807) is 11.3 Å². The van der Waals surface area contributed by atoms with Gasteiger partial charge in [0, 0.05) is 24.2 Å². The van der Waals surface area contributed by atoms with Gasteiger partial charge in [-0.05, 0) is 6.54 Å². The van der Waals surface area contributed by atoms with E-state index in [9.17, 15) is 0 Å². The van der Waals surface area contributed by atoms with Gasteiger partial charge in [0.25, 0.3) is 0 Å². The highest BCUT2D eigenvalue weighted by Crippen LogP contribution is 2.20. The molecule has 2 heterocycles. The summed E-state index contributed by atoms with van der Waals surface area (Å²) in [4.78, 5) is 4.34. The molecule has 0 aliphatic heterocycles. The summed E-state index contributed by atoms with van der Waals surface area (Å²) in [6.07, 6.45) is 3.90. The molecule has 1 unspecified atom stereocenters. The average molecular weight is 222 g/mol. The quantitative estimate of drug-likeness (QED) is 0.854. The number of hydrogen-bond acceptors (Lipinski definition) is 4. The van der Waals surface area contributed by atoms with E-state index < -0.39 is 0 Å². The first-order valence-electron chi connectivity index (χ1n) is 4.91. The lowest BCUT2D eigenvalue weighted by Gasteiger charge is -2.13. The van der Waals surface area contributed by atoms with Crippen LogP contribution >= 0.6 is 11.3 Å². The third-order valence-electron chi connectivity index (χ3n) is 2.21. The topological polar surface area (TPSA) is 42.7 Å². The van der Waals surface area contributed by atoms with Gasteiger partial charge in [-0.3, -0.25) is 4.68 Å². The second-order valence-corrected chi connectivity index (χ2v) is 4.07. The molecule has 0 amide bonds. The first-order valence-corrected chi connectivity index (χ1v) is 5.85. The van der Waals surface area contributed by atoms with Crippen LogP contribution in [-0.4, -0.2) is 21.3 Å². The molecule has 4 nitrogen and oxygen atoms in total. The first-order chi connectivity index (χ1) is 7.31. The zero-order valence-electron chi connectivity index (χ0n) is 8.84. The second-order valence-electron chi connectivity index (χ2n) is 3.35. The maximum atomic E-state index is 4.34. The molecule has 0 bridgehead atoms. The van der Waals surface area contributed by atoms with Crippen molar-refractivity contribution in [3.05, 3.63) is 34.5 Å². The van der Waals surface area contributed by atoms with Crippen molar-refractivity contribution < 1.29 is 0 Å². The molecule has 0 aromatic carbocycles. The molecule has 0 radical (unpaired) electrons. The Hall–Kier alpha value is -1.20. The van der Waals surface area contributed by atoms with Crippen LogP contribution in [0.3, 0.4) is 0 Å². The van der Waals surface area contributed by atoms with Gasteiger partial charge in [0.15, 0.2) is 0 Å². The highest BCUT2D eigenvalue weighted by atomic mass is 32.1. The molecule has 2 aromatic heterocycles. The summed E-state index contributed by atoms with van der Waals surface area (Å²) >= 11 is 1.62. The normalized spacial score (nSPS) is 12.9. The Bertz CT molecular complexity index is 407. The molecule has 0 fully saturated rings. The largest absolute Gasteiger partial charge is 0.305 e. The highest BCUT2D eigenvalue weighted by molar-refractivity contribution is 7.07. The van der Waals surface area contributed by atoms with Crippen molar-refractivity contribution in [1.82, 2.24) is 20.1 Å². The zero-order chi connectivity index (χ0) is 10.7. The molecule has 1 atom stereocenters. The minimum absolute atomic E-state index is 0.162. The van der Waals surface area contributed by atoms with Gasteiger partial charge in [0.05, 0.1) is 23.4 Å². The molecule has 2 rings (SSSR count). The first kappa shape index (κ1) is 10.3. The molecule has 0 saturated carbocycles. The standard InChI is InChI=1S/C10H14N4S/c1-3-11-10(9-6-15-7-12-9)8-4-13-14(2)5-8/h4-7,10-11H,3H2,1-2H3. The lowest BCUT2D eigenvalue weighted by atomic mass is 10.1. The second kappa shape index (κ2) is 4.55. The predicted molar refractivity (Wildman–Crippen MR) is 60.8 cm³/mol. The van der Waals surface area contributed by atoms with Crippen LogP contribution in [0.15, 0.2) is 23.3 Å². The molecule has 0 aliphatic carbocycles. The van der Waals surface area contributed by atoms with Crippen molar-refractivity contribution in [3.8, 4) is 0 Å². The van der Waals surface area contributed by atoms with Crippen LogP contribution in [0.2, 0.25) is 0 Å². The van der Waals surface area contributed by atoms with Gasteiger partial charge < -0.3 is 5.32 Å². The van der Waals surface area contributed by atoms with Crippen LogP contribution in [0.4, 0.5) is 0 Å². The molecule has 1 N–H and O–H groups in total. The minimum atomic E-state index is 0.162. The van der Waals surface area contributed by atoms with Gasteiger partial charge in [-0.1, -0.05) is 6.92 Å². The fraction of sp³-hybridized carbons (Fsp3) is 0.400. The van der Waals surface area contributed by atoms with E-state index in [0.29, 0.717) is 0 Å². The van der Waals surface area contributed by atoms with Crippen molar-refractivity contribution in [2.75, 3.05) is 6.54 Å². The summed E-state index contributed by atoms with van der Waals surface area (Å²) in [7, 11) is 1.92. The Balaban J connectivity index is 2.27. The van der Waals surface area contributed by atoms with Crippen molar-refractivity contribution in [3.63, 3.8) is 0 Å². The highest BCUT2D eigenvalue weighted by Gasteiger charge is 2.15. The van der Waals surface area contributed by atoms with Crippen LogP contribution in [0.25, 0.3) is 0 Å².